The number of carbonyl (C=O) groups is 2. The fourth-order valence-electron chi connectivity index (χ4n) is 2.44. The Morgan fingerprint density at radius 3 is 2.38 bits per heavy atom. The van der Waals surface area contributed by atoms with Gasteiger partial charge in [0.25, 0.3) is 0 Å². The highest BCUT2D eigenvalue weighted by Gasteiger charge is 2.14. The largest absolute Gasteiger partial charge is 0.493 e. The Morgan fingerprint density at radius 1 is 1.00 bits per heavy atom. The zero-order valence-electron chi connectivity index (χ0n) is 16.0. The van der Waals surface area contributed by atoms with Crippen molar-refractivity contribution in [2.75, 3.05) is 25.6 Å². The Morgan fingerprint density at radius 2 is 1.72 bits per heavy atom. The third kappa shape index (κ3) is 5.32. The number of carbonyl (C=O) groups excluding carboxylic acids is 2. The molecule has 0 aliphatic carbocycles. The summed E-state index contributed by atoms with van der Waals surface area (Å²) in [5.74, 6) is 0.465. The Bertz CT molecular complexity index is 985. The number of methoxy groups -OCH3 is 1. The number of hydrogen-bond acceptors (Lipinski definition) is 7. The van der Waals surface area contributed by atoms with E-state index in [2.05, 4.69) is 20.8 Å². The summed E-state index contributed by atoms with van der Waals surface area (Å²) in [7, 11) is 1.55. The van der Waals surface area contributed by atoms with Crippen LogP contribution in [0.1, 0.15) is 5.89 Å². The van der Waals surface area contributed by atoms with Gasteiger partial charge in [-0.3, -0.25) is 9.59 Å². The maximum Gasteiger partial charge on any atom is 0.313 e. The van der Waals surface area contributed by atoms with Gasteiger partial charge in [-0.05, 0) is 36.4 Å². The van der Waals surface area contributed by atoms with Gasteiger partial charge in [-0.15, -0.1) is 10.2 Å². The standard InChI is InChI=1S/C20H20N4O5/c1-13-23-24-20(29-13)14-7-9-15(10-8-14)22-19(26)18(25)21-11-12-28-17-6-4-3-5-16(17)27-2/h3-10H,11-12H2,1-2H3,(H,21,25)(H,22,26). The van der Waals surface area contributed by atoms with Crippen LogP contribution in [0.15, 0.2) is 52.9 Å². The van der Waals surface area contributed by atoms with Crippen molar-refractivity contribution in [3.8, 4) is 23.0 Å². The van der Waals surface area contributed by atoms with Crippen molar-refractivity contribution in [2.24, 2.45) is 0 Å². The number of anilines is 1. The fourth-order valence-corrected chi connectivity index (χ4v) is 2.44. The van der Waals surface area contributed by atoms with E-state index in [1.54, 1.807) is 50.4 Å². The molecular weight excluding hydrogens is 376 g/mol. The minimum absolute atomic E-state index is 0.166. The van der Waals surface area contributed by atoms with Crippen molar-refractivity contribution in [3.05, 3.63) is 54.4 Å². The van der Waals surface area contributed by atoms with Gasteiger partial charge in [-0.25, -0.2) is 0 Å². The number of benzene rings is 2. The highest BCUT2D eigenvalue weighted by Crippen LogP contribution is 2.25. The number of hydrogen-bond donors (Lipinski definition) is 2. The Labute approximate surface area is 167 Å². The first-order valence-electron chi connectivity index (χ1n) is 8.82. The first kappa shape index (κ1) is 19.9. The van der Waals surface area contributed by atoms with Gasteiger partial charge >= 0.3 is 11.8 Å². The normalized spacial score (nSPS) is 10.3. The Kier molecular flexibility index (Phi) is 6.41. The summed E-state index contributed by atoms with van der Waals surface area (Å²) in [6.07, 6.45) is 0. The van der Waals surface area contributed by atoms with E-state index in [0.717, 1.165) is 0 Å². The van der Waals surface area contributed by atoms with E-state index >= 15 is 0 Å². The maximum atomic E-state index is 12.0. The van der Waals surface area contributed by atoms with E-state index in [9.17, 15) is 9.59 Å². The number of ether oxygens (including phenoxy) is 2. The van der Waals surface area contributed by atoms with Crippen LogP contribution in [0.3, 0.4) is 0 Å². The summed E-state index contributed by atoms with van der Waals surface area (Å²) in [5, 5.41) is 12.7. The smallest absolute Gasteiger partial charge is 0.313 e. The predicted octanol–water partition coefficient (Wildman–Crippen LogP) is 2.19. The molecule has 0 bridgehead atoms. The van der Waals surface area contributed by atoms with Crippen LogP contribution in [0.5, 0.6) is 11.5 Å². The summed E-state index contributed by atoms with van der Waals surface area (Å²) in [6, 6.07) is 13.9. The molecule has 2 N–H and O–H groups in total. The van der Waals surface area contributed by atoms with E-state index < -0.39 is 11.8 Å². The van der Waals surface area contributed by atoms with Gasteiger partial charge < -0.3 is 24.5 Å². The van der Waals surface area contributed by atoms with Crippen LogP contribution in [0.4, 0.5) is 5.69 Å². The molecule has 0 saturated heterocycles. The third-order valence-electron chi connectivity index (χ3n) is 3.84. The molecule has 0 saturated carbocycles. The van der Waals surface area contributed by atoms with E-state index in [4.69, 9.17) is 13.9 Å². The van der Waals surface area contributed by atoms with Gasteiger partial charge in [-0.2, -0.15) is 0 Å². The summed E-state index contributed by atoms with van der Waals surface area (Å²) in [5.41, 5.74) is 1.18. The fraction of sp³-hybridized carbons (Fsp3) is 0.200. The predicted molar refractivity (Wildman–Crippen MR) is 105 cm³/mol. The number of nitrogens with one attached hydrogen (secondary N) is 2. The second-order valence-corrected chi connectivity index (χ2v) is 5.91. The third-order valence-corrected chi connectivity index (χ3v) is 3.84. The average molecular weight is 396 g/mol. The number of rotatable bonds is 7. The number of para-hydroxylation sites is 2. The second-order valence-electron chi connectivity index (χ2n) is 5.91. The molecule has 2 aromatic carbocycles. The second kappa shape index (κ2) is 9.36. The molecule has 150 valence electrons. The lowest BCUT2D eigenvalue weighted by molar-refractivity contribution is -0.136. The van der Waals surface area contributed by atoms with E-state index in [0.29, 0.717) is 34.5 Å². The molecule has 2 amide bonds. The minimum Gasteiger partial charge on any atom is -0.493 e. The Hall–Kier alpha value is -3.88. The molecule has 0 radical (unpaired) electrons. The van der Waals surface area contributed by atoms with Gasteiger partial charge in [0, 0.05) is 18.2 Å². The molecule has 9 heteroatoms. The molecule has 3 rings (SSSR count). The Balaban J connectivity index is 1.45. The molecule has 0 unspecified atom stereocenters. The van der Waals surface area contributed by atoms with E-state index in [-0.39, 0.29) is 13.2 Å². The number of nitrogens with zero attached hydrogens (tertiary/aromatic N) is 2. The highest BCUT2D eigenvalue weighted by atomic mass is 16.5. The van der Waals surface area contributed by atoms with Crippen LogP contribution < -0.4 is 20.1 Å². The molecule has 0 aliphatic rings. The molecule has 1 aromatic heterocycles. The number of amides is 2. The molecule has 29 heavy (non-hydrogen) atoms. The van der Waals surface area contributed by atoms with Crippen LogP contribution in [-0.4, -0.2) is 42.3 Å². The zero-order chi connectivity index (χ0) is 20.6. The SMILES string of the molecule is COc1ccccc1OCCNC(=O)C(=O)Nc1ccc(-c2nnc(C)o2)cc1. The van der Waals surface area contributed by atoms with Crippen molar-refractivity contribution in [3.63, 3.8) is 0 Å². The van der Waals surface area contributed by atoms with Crippen LogP contribution in [-0.2, 0) is 9.59 Å². The topological polar surface area (TPSA) is 116 Å². The van der Waals surface area contributed by atoms with Crippen molar-refractivity contribution >= 4 is 17.5 Å². The molecule has 9 nitrogen and oxygen atoms in total. The summed E-state index contributed by atoms with van der Waals surface area (Å²) in [4.78, 5) is 23.9. The highest BCUT2D eigenvalue weighted by molar-refractivity contribution is 6.39. The lowest BCUT2D eigenvalue weighted by Crippen LogP contribution is -2.37. The van der Waals surface area contributed by atoms with Crippen molar-refractivity contribution in [1.29, 1.82) is 0 Å². The lowest BCUT2D eigenvalue weighted by atomic mass is 10.2. The van der Waals surface area contributed by atoms with Crippen LogP contribution in [0, 0.1) is 6.92 Å². The van der Waals surface area contributed by atoms with Gasteiger partial charge in [0.05, 0.1) is 13.7 Å². The van der Waals surface area contributed by atoms with Gasteiger partial charge in [-0.1, -0.05) is 12.1 Å². The number of aromatic nitrogens is 2. The van der Waals surface area contributed by atoms with Crippen LogP contribution >= 0.6 is 0 Å². The minimum atomic E-state index is -0.774. The van der Waals surface area contributed by atoms with Crippen molar-refractivity contribution < 1.29 is 23.5 Å². The molecule has 3 aromatic rings. The van der Waals surface area contributed by atoms with E-state index in [1.165, 1.54) is 0 Å². The summed E-state index contributed by atoms with van der Waals surface area (Å²) >= 11 is 0. The number of aryl methyl sites for hydroxylation is 1. The van der Waals surface area contributed by atoms with Crippen molar-refractivity contribution in [2.45, 2.75) is 6.92 Å². The summed E-state index contributed by atoms with van der Waals surface area (Å²) < 4.78 is 16.1. The molecule has 1 heterocycles. The maximum absolute atomic E-state index is 12.0. The quantitative estimate of drug-likeness (QED) is 0.464. The first-order chi connectivity index (χ1) is 14.1. The molecular formula is C20H20N4O5. The zero-order valence-corrected chi connectivity index (χ0v) is 16.0. The monoisotopic (exact) mass is 396 g/mol. The molecule has 0 fully saturated rings. The van der Waals surface area contributed by atoms with Crippen LogP contribution in [0.2, 0.25) is 0 Å². The molecule has 0 spiro atoms. The molecule has 0 aliphatic heterocycles. The summed E-state index contributed by atoms with van der Waals surface area (Å²) in [6.45, 7) is 2.06. The van der Waals surface area contributed by atoms with Gasteiger partial charge in [0.2, 0.25) is 11.8 Å². The first-order valence-corrected chi connectivity index (χ1v) is 8.82. The van der Waals surface area contributed by atoms with Crippen LogP contribution in [0.25, 0.3) is 11.5 Å². The van der Waals surface area contributed by atoms with E-state index in [1.807, 2.05) is 12.1 Å². The van der Waals surface area contributed by atoms with Gasteiger partial charge in [0.1, 0.15) is 6.61 Å². The van der Waals surface area contributed by atoms with Crippen molar-refractivity contribution in [1.82, 2.24) is 15.5 Å². The molecule has 0 atom stereocenters. The average Bonchev–Trinajstić information content (AvgIpc) is 3.18. The lowest BCUT2D eigenvalue weighted by Gasteiger charge is -2.11. The van der Waals surface area contributed by atoms with Gasteiger partial charge in [0.15, 0.2) is 11.5 Å².